The number of likely N-dealkylation sites (N-methyl/N-ethyl adjacent to an activating group) is 1. The Labute approximate surface area is 192 Å². The molecule has 0 amide bonds. The van der Waals surface area contributed by atoms with Gasteiger partial charge in [-0.05, 0) is 61.7 Å². The predicted octanol–water partition coefficient (Wildman–Crippen LogP) is 5.94. The van der Waals surface area contributed by atoms with Crippen molar-refractivity contribution >= 4 is 27.9 Å². The zero-order valence-electron chi connectivity index (χ0n) is 20.5. The van der Waals surface area contributed by atoms with Crippen molar-refractivity contribution in [1.29, 1.82) is 0 Å². The first kappa shape index (κ1) is 21.5. The number of benzene rings is 2. The van der Waals surface area contributed by atoms with Crippen molar-refractivity contribution in [2.24, 2.45) is 0 Å². The molecule has 32 heavy (non-hydrogen) atoms. The minimum atomic E-state index is -0.290. The average molecular weight is 432 g/mol. The van der Waals surface area contributed by atoms with Crippen LogP contribution in [0.2, 0.25) is 0 Å². The molecule has 0 spiro atoms. The topological polar surface area (TPSA) is 31.5 Å². The van der Waals surface area contributed by atoms with Crippen LogP contribution in [0.5, 0.6) is 5.75 Å². The molecule has 4 nitrogen and oxygen atoms in total. The fourth-order valence-electron chi connectivity index (χ4n) is 5.05. The van der Waals surface area contributed by atoms with Gasteiger partial charge in [-0.15, -0.1) is 0 Å². The van der Waals surface area contributed by atoms with Crippen LogP contribution in [0.1, 0.15) is 58.2 Å². The van der Waals surface area contributed by atoms with Crippen molar-refractivity contribution < 1.29 is 4.74 Å². The first-order chi connectivity index (χ1) is 15.1. The van der Waals surface area contributed by atoms with E-state index in [1.54, 1.807) is 0 Å². The molecule has 5 rings (SSSR count). The van der Waals surface area contributed by atoms with Crippen molar-refractivity contribution in [3.63, 3.8) is 0 Å². The summed E-state index contributed by atoms with van der Waals surface area (Å²) in [4.78, 5) is 8.82. The summed E-state index contributed by atoms with van der Waals surface area (Å²) in [5.41, 5.74) is 6.08. The second kappa shape index (κ2) is 7.64. The summed E-state index contributed by atoms with van der Waals surface area (Å²) >= 11 is 0. The molecule has 3 heterocycles. The van der Waals surface area contributed by atoms with E-state index in [2.05, 4.69) is 92.7 Å². The lowest BCUT2D eigenvalue weighted by Gasteiger charge is -2.35. The summed E-state index contributed by atoms with van der Waals surface area (Å²) in [5, 5.41) is 2.62. The average Bonchev–Trinajstić information content (AvgIpc) is 3.11. The first-order valence-electron chi connectivity index (χ1n) is 12.1. The van der Waals surface area contributed by atoms with Gasteiger partial charge in [0.05, 0.1) is 5.52 Å². The number of hydrogen-bond donors (Lipinski definition) is 1. The fraction of sp³-hybridized carbons (Fsp3) is 0.500. The lowest BCUT2D eigenvalue weighted by Crippen LogP contribution is -2.45. The van der Waals surface area contributed by atoms with Gasteiger partial charge in [-0.1, -0.05) is 33.8 Å². The maximum atomic E-state index is 6.57. The van der Waals surface area contributed by atoms with Crippen LogP contribution in [-0.4, -0.2) is 53.1 Å². The standard InChI is InChI=1S/C28H37N3O/c1-7-30-12-14-31(15-13-30)18-19-16-23-22-17-20(27(2,3)4)8-9-24(22)29-25(23)21-10-11-28(5,6)32-26(19)21/h8-11,16-17,29H,7,12-15,18H2,1-6H3. The second-order valence-electron chi connectivity index (χ2n) is 11.1. The number of nitrogens with zero attached hydrogens (tertiary/aromatic N) is 2. The fourth-order valence-corrected chi connectivity index (χ4v) is 5.05. The van der Waals surface area contributed by atoms with Gasteiger partial charge >= 0.3 is 0 Å². The Hall–Kier alpha value is -2.30. The van der Waals surface area contributed by atoms with E-state index >= 15 is 0 Å². The van der Waals surface area contributed by atoms with Crippen LogP contribution in [0.25, 0.3) is 27.9 Å². The molecule has 2 aliphatic rings. The monoisotopic (exact) mass is 431 g/mol. The number of rotatable bonds is 3. The number of fused-ring (bicyclic) bond motifs is 5. The van der Waals surface area contributed by atoms with Crippen LogP contribution >= 0.6 is 0 Å². The Morgan fingerprint density at radius 1 is 1.00 bits per heavy atom. The van der Waals surface area contributed by atoms with E-state index in [4.69, 9.17) is 4.74 Å². The third-order valence-corrected chi connectivity index (χ3v) is 7.15. The van der Waals surface area contributed by atoms with Gasteiger partial charge in [0.25, 0.3) is 0 Å². The SMILES string of the molecule is CCN1CCN(Cc2cc3c([nH]c4ccc(C(C)(C)C)cc43)c3c2OC(C)(C)C=C3)CC1. The molecule has 1 saturated heterocycles. The molecule has 0 unspecified atom stereocenters. The second-order valence-corrected chi connectivity index (χ2v) is 11.1. The molecule has 3 aromatic rings. The maximum absolute atomic E-state index is 6.57. The summed E-state index contributed by atoms with van der Waals surface area (Å²) in [6.45, 7) is 20.0. The summed E-state index contributed by atoms with van der Waals surface area (Å²) in [7, 11) is 0. The minimum absolute atomic E-state index is 0.126. The Morgan fingerprint density at radius 2 is 1.72 bits per heavy atom. The molecule has 0 aliphatic carbocycles. The highest BCUT2D eigenvalue weighted by Gasteiger charge is 2.28. The maximum Gasteiger partial charge on any atom is 0.134 e. The van der Waals surface area contributed by atoms with Crippen molar-refractivity contribution in [3.8, 4) is 5.75 Å². The van der Waals surface area contributed by atoms with E-state index in [0.29, 0.717) is 0 Å². The molecule has 1 fully saturated rings. The lowest BCUT2D eigenvalue weighted by molar-refractivity contribution is 0.125. The number of hydrogen-bond acceptors (Lipinski definition) is 3. The summed E-state index contributed by atoms with van der Waals surface area (Å²) in [6, 6.07) is 9.26. The molecule has 4 heteroatoms. The molecule has 0 atom stereocenters. The van der Waals surface area contributed by atoms with Gasteiger partial charge in [-0.3, -0.25) is 4.90 Å². The van der Waals surface area contributed by atoms with Crippen molar-refractivity contribution in [3.05, 3.63) is 47.0 Å². The van der Waals surface area contributed by atoms with Crippen molar-refractivity contribution in [2.45, 2.75) is 59.1 Å². The van der Waals surface area contributed by atoms with Gasteiger partial charge in [0.2, 0.25) is 0 Å². The smallest absolute Gasteiger partial charge is 0.134 e. The summed E-state index contributed by atoms with van der Waals surface area (Å²) in [6.07, 6.45) is 4.45. The van der Waals surface area contributed by atoms with Gasteiger partial charge in [0.1, 0.15) is 11.4 Å². The zero-order chi connectivity index (χ0) is 22.7. The molecule has 0 saturated carbocycles. The number of aromatic amines is 1. The van der Waals surface area contributed by atoms with Crippen molar-refractivity contribution in [1.82, 2.24) is 14.8 Å². The van der Waals surface area contributed by atoms with Gasteiger partial charge in [0.15, 0.2) is 0 Å². The molecule has 1 N–H and O–H groups in total. The van der Waals surface area contributed by atoms with E-state index in [0.717, 1.165) is 45.0 Å². The Kier molecular flexibility index (Phi) is 5.14. The minimum Gasteiger partial charge on any atom is -0.483 e. The van der Waals surface area contributed by atoms with Gasteiger partial charge in [0, 0.05) is 60.1 Å². The molecule has 2 aromatic carbocycles. The van der Waals surface area contributed by atoms with Crippen LogP contribution in [0, 0.1) is 0 Å². The largest absolute Gasteiger partial charge is 0.483 e. The van der Waals surface area contributed by atoms with Gasteiger partial charge < -0.3 is 14.6 Å². The lowest BCUT2D eigenvalue weighted by atomic mass is 9.86. The molecule has 2 aliphatic heterocycles. The highest BCUT2D eigenvalue weighted by atomic mass is 16.5. The summed E-state index contributed by atoms with van der Waals surface area (Å²) in [5.74, 6) is 1.05. The van der Waals surface area contributed by atoms with Crippen LogP contribution in [0.4, 0.5) is 0 Å². The predicted molar refractivity (Wildman–Crippen MR) is 136 cm³/mol. The molecule has 0 bridgehead atoms. The quantitative estimate of drug-likeness (QED) is 0.557. The molecule has 170 valence electrons. The number of nitrogens with one attached hydrogen (secondary N) is 1. The van der Waals surface area contributed by atoms with Crippen LogP contribution in [0.3, 0.4) is 0 Å². The van der Waals surface area contributed by atoms with Crippen LogP contribution < -0.4 is 4.74 Å². The van der Waals surface area contributed by atoms with Gasteiger partial charge in [-0.25, -0.2) is 0 Å². The third-order valence-electron chi connectivity index (χ3n) is 7.15. The van der Waals surface area contributed by atoms with E-state index in [1.807, 2.05) is 0 Å². The van der Waals surface area contributed by atoms with Crippen LogP contribution in [0.15, 0.2) is 30.3 Å². The molecular formula is C28H37N3O. The van der Waals surface area contributed by atoms with Gasteiger partial charge in [-0.2, -0.15) is 0 Å². The zero-order valence-corrected chi connectivity index (χ0v) is 20.5. The highest BCUT2D eigenvalue weighted by Crippen LogP contribution is 2.42. The Morgan fingerprint density at radius 3 is 2.41 bits per heavy atom. The number of aromatic nitrogens is 1. The summed E-state index contributed by atoms with van der Waals surface area (Å²) < 4.78 is 6.57. The number of H-pyrrole nitrogens is 1. The van der Waals surface area contributed by atoms with Crippen molar-refractivity contribution in [2.75, 3.05) is 32.7 Å². The normalized spacial score (nSPS) is 19.4. The molecule has 0 radical (unpaired) electrons. The van der Waals surface area contributed by atoms with Crippen LogP contribution in [-0.2, 0) is 12.0 Å². The molecule has 1 aromatic heterocycles. The first-order valence-corrected chi connectivity index (χ1v) is 12.1. The number of piperazine rings is 1. The Bertz CT molecular complexity index is 1190. The van der Waals surface area contributed by atoms with E-state index in [1.165, 1.54) is 38.5 Å². The third kappa shape index (κ3) is 3.84. The number of ether oxygens (including phenoxy) is 1. The molecular weight excluding hydrogens is 394 g/mol. The highest BCUT2D eigenvalue weighted by molar-refractivity contribution is 6.11. The van der Waals surface area contributed by atoms with E-state index in [-0.39, 0.29) is 11.0 Å². The Balaban J connectivity index is 1.64. The van der Waals surface area contributed by atoms with E-state index in [9.17, 15) is 0 Å². The van der Waals surface area contributed by atoms with E-state index < -0.39 is 0 Å².